The van der Waals surface area contributed by atoms with Crippen LogP contribution in [0, 0.1) is 21.3 Å². The monoisotopic (exact) mass is 281 g/mol. The van der Waals surface area contributed by atoms with Gasteiger partial charge in [-0.2, -0.15) is 4.39 Å². The van der Waals surface area contributed by atoms with Crippen LogP contribution in [0.1, 0.15) is 45.1 Å². The Balaban J connectivity index is 1.89. The number of rotatable bonds is 4. The first-order chi connectivity index (χ1) is 9.37. The molecule has 110 valence electrons. The number of hydrogen-bond acceptors (Lipinski definition) is 3. The van der Waals surface area contributed by atoms with E-state index in [1.165, 1.54) is 12.1 Å². The summed E-state index contributed by atoms with van der Waals surface area (Å²) in [5.74, 6) is -0.805. The molecule has 4 nitrogen and oxygen atoms in total. The van der Waals surface area contributed by atoms with Crippen LogP contribution in [-0.2, 0) is 11.3 Å². The number of nitro groups is 1. The maximum absolute atomic E-state index is 13.5. The van der Waals surface area contributed by atoms with Crippen LogP contribution in [0.3, 0.4) is 0 Å². The van der Waals surface area contributed by atoms with Crippen molar-refractivity contribution in [2.75, 3.05) is 0 Å². The molecule has 0 bridgehead atoms. The van der Waals surface area contributed by atoms with Crippen LogP contribution in [0.4, 0.5) is 10.1 Å². The summed E-state index contributed by atoms with van der Waals surface area (Å²) in [4.78, 5) is 9.81. The third-order valence-electron chi connectivity index (χ3n) is 3.98. The maximum Gasteiger partial charge on any atom is 0.304 e. The molecule has 0 saturated heterocycles. The fraction of sp³-hybridized carbons (Fsp3) is 0.600. The summed E-state index contributed by atoms with van der Waals surface area (Å²) >= 11 is 0. The van der Waals surface area contributed by atoms with Crippen molar-refractivity contribution in [2.45, 2.75) is 52.2 Å². The van der Waals surface area contributed by atoms with E-state index in [4.69, 9.17) is 4.74 Å². The summed E-state index contributed by atoms with van der Waals surface area (Å²) in [5.41, 5.74) is 0.533. The molecule has 20 heavy (non-hydrogen) atoms. The summed E-state index contributed by atoms with van der Waals surface area (Å²) < 4.78 is 19.3. The number of hydrogen-bond donors (Lipinski definition) is 0. The summed E-state index contributed by atoms with van der Waals surface area (Å²) in [6.07, 6.45) is 4.50. The van der Waals surface area contributed by atoms with Crippen LogP contribution >= 0.6 is 0 Å². The molecule has 0 aromatic heterocycles. The lowest BCUT2D eigenvalue weighted by Gasteiger charge is -2.34. The summed E-state index contributed by atoms with van der Waals surface area (Å²) in [6.45, 7) is 4.82. The molecule has 5 heteroatoms. The van der Waals surface area contributed by atoms with Crippen LogP contribution in [0.5, 0.6) is 0 Å². The predicted molar refractivity (Wildman–Crippen MR) is 73.9 cm³/mol. The smallest absolute Gasteiger partial charge is 0.304 e. The molecule has 1 aromatic rings. The van der Waals surface area contributed by atoms with Gasteiger partial charge in [0.05, 0.1) is 17.6 Å². The second kappa shape index (κ2) is 5.87. The SMILES string of the molecule is CC1(C)CCC(OCc2ccc([N+](=O)[O-])c(F)c2)CC1. The van der Waals surface area contributed by atoms with Crippen LogP contribution in [0.25, 0.3) is 0 Å². The molecule has 0 atom stereocenters. The third-order valence-corrected chi connectivity index (χ3v) is 3.98. The van der Waals surface area contributed by atoms with E-state index >= 15 is 0 Å². The minimum absolute atomic E-state index is 0.210. The highest BCUT2D eigenvalue weighted by Gasteiger charge is 2.27. The van der Waals surface area contributed by atoms with Crippen molar-refractivity contribution in [1.82, 2.24) is 0 Å². The highest BCUT2D eigenvalue weighted by molar-refractivity contribution is 5.34. The molecule has 0 spiro atoms. The molecule has 0 unspecified atom stereocenters. The Morgan fingerprint density at radius 3 is 2.60 bits per heavy atom. The minimum atomic E-state index is -0.805. The molecule has 0 N–H and O–H groups in total. The largest absolute Gasteiger partial charge is 0.374 e. The zero-order chi connectivity index (χ0) is 14.8. The van der Waals surface area contributed by atoms with E-state index in [1.54, 1.807) is 6.07 Å². The van der Waals surface area contributed by atoms with Gasteiger partial charge in [0, 0.05) is 6.07 Å². The van der Waals surface area contributed by atoms with Gasteiger partial charge in [-0.3, -0.25) is 10.1 Å². The number of nitrogens with zero attached hydrogens (tertiary/aromatic N) is 1. The van der Waals surface area contributed by atoms with Gasteiger partial charge in [0.25, 0.3) is 0 Å². The number of halogens is 1. The molecule has 0 radical (unpaired) electrons. The van der Waals surface area contributed by atoms with Crippen molar-refractivity contribution in [2.24, 2.45) is 5.41 Å². The number of nitro benzene ring substituents is 1. The van der Waals surface area contributed by atoms with Crippen molar-refractivity contribution in [3.8, 4) is 0 Å². The Morgan fingerprint density at radius 1 is 1.40 bits per heavy atom. The van der Waals surface area contributed by atoms with Gasteiger partial charge in [0.2, 0.25) is 5.82 Å². The van der Waals surface area contributed by atoms with E-state index in [0.29, 0.717) is 17.6 Å². The Labute approximate surface area is 118 Å². The molecule has 1 aliphatic rings. The lowest BCUT2D eigenvalue weighted by Crippen LogP contribution is -2.26. The van der Waals surface area contributed by atoms with Crippen LogP contribution < -0.4 is 0 Å². The highest BCUT2D eigenvalue weighted by atomic mass is 19.1. The third kappa shape index (κ3) is 3.76. The van der Waals surface area contributed by atoms with Crippen molar-refractivity contribution < 1.29 is 14.1 Å². The fourth-order valence-corrected chi connectivity index (χ4v) is 2.54. The van der Waals surface area contributed by atoms with Gasteiger partial charge < -0.3 is 4.74 Å². The van der Waals surface area contributed by atoms with E-state index in [-0.39, 0.29) is 6.10 Å². The summed E-state index contributed by atoms with van der Waals surface area (Å²) in [5, 5.41) is 10.5. The van der Waals surface area contributed by atoms with Crippen LogP contribution in [-0.4, -0.2) is 11.0 Å². The average molecular weight is 281 g/mol. The van der Waals surface area contributed by atoms with Gasteiger partial charge in [-0.15, -0.1) is 0 Å². The first-order valence-electron chi connectivity index (χ1n) is 6.92. The van der Waals surface area contributed by atoms with E-state index in [2.05, 4.69) is 13.8 Å². The average Bonchev–Trinajstić information content (AvgIpc) is 2.37. The Morgan fingerprint density at radius 2 is 2.05 bits per heavy atom. The second-order valence-corrected chi connectivity index (χ2v) is 6.22. The lowest BCUT2D eigenvalue weighted by atomic mass is 9.76. The molecule has 2 rings (SSSR count). The molecular weight excluding hydrogens is 261 g/mol. The standard InChI is InChI=1S/C15H20FNO3/c1-15(2)7-5-12(6-8-15)20-10-11-3-4-14(17(18)19)13(16)9-11/h3-4,9,12H,5-8,10H2,1-2H3. The summed E-state index contributed by atoms with van der Waals surface area (Å²) in [6, 6.07) is 3.93. The highest BCUT2D eigenvalue weighted by Crippen LogP contribution is 2.36. The van der Waals surface area contributed by atoms with E-state index in [9.17, 15) is 14.5 Å². The Bertz CT molecular complexity index is 492. The van der Waals surface area contributed by atoms with Crippen molar-refractivity contribution in [3.05, 3.63) is 39.7 Å². The van der Waals surface area contributed by atoms with E-state index < -0.39 is 16.4 Å². The minimum Gasteiger partial charge on any atom is -0.374 e. The van der Waals surface area contributed by atoms with Crippen molar-refractivity contribution >= 4 is 5.69 Å². The van der Waals surface area contributed by atoms with Crippen molar-refractivity contribution in [1.29, 1.82) is 0 Å². The molecule has 1 saturated carbocycles. The zero-order valence-corrected chi connectivity index (χ0v) is 11.9. The quantitative estimate of drug-likeness (QED) is 0.613. The first kappa shape index (κ1) is 14.9. The van der Waals surface area contributed by atoms with Gasteiger partial charge in [0.15, 0.2) is 0 Å². The van der Waals surface area contributed by atoms with Gasteiger partial charge in [-0.25, -0.2) is 0 Å². The van der Waals surface area contributed by atoms with Gasteiger partial charge in [0.1, 0.15) is 0 Å². The topological polar surface area (TPSA) is 52.4 Å². The molecule has 1 fully saturated rings. The number of ether oxygens (including phenoxy) is 1. The maximum atomic E-state index is 13.5. The fourth-order valence-electron chi connectivity index (χ4n) is 2.54. The number of benzene rings is 1. The van der Waals surface area contributed by atoms with Gasteiger partial charge in [-0.1, -0.05) is 13.8 Å². The van der Waals surface area contributed by atoms with Gasteiger partial charge >= 0.3 is 5.69 Å². The second-order valence-electron chi connectivity index (χ2n) is 6.22. The summed E-state index contributed by atoms with van der Waals surface area (Å²) in [7, 11) is 0. The van der Waals surface area contributed by atoms with Crippen molar-refractivity contribution in [3.63, 3.8) is 0 Å². The Kier molecular flexibility index (Phi) is 4.38. The molecule has 1 aromatic carbocycles. The van der Waals surface area contributed by atoms with Crippen LogP contribution in [0.15, 0.2) is 18.2 Å². The van der Waals surface area contributed by atoms with E-state index in [0.717, 1.165) is 25.7 Å². The molecule has 1 aliphatic carbocycles. The Hall–Kier alpha value is -1.49. The lowest BCUT2D eigenvalue weighted by molar-refractivity contribution is -0.387. The first-order valence-corrected chi connectivity index (χ1v) is 6.92. The molecule has 0 amide bonds. The predicted octanol–water partition coefficient (Wildman–Crippen LogP) is 4.22. The molecule has 0 aliphatic heterocycles. The molecular formula is C15H20FNO3. The normalized spacial score (nSPS) is 18.9. The van der Waals surface area contributed by atoms with Gasteiger partial charge in [-0.05, 0) is 48.8 Å². The van der Waals surface area contributed by atoms with Crippen LogP contribution in [0.2, 0.25) is 0 Å². The van der Waals surface area contributed by atoms with E-state index in [1.807, 2.05) is 0 Å². The molecule has 0 heterocycles. The zero-order valence-electron chi connectivity index (χ0n) is 11.9.